The number of aromatic nitrogens is 3. The van der Waals surface area contributed by atoms with E-state index in [1.165, 1.54) is 12.3 Å². The Kier molecular flexibility index (Phi) is 4.06. The van der Waals surface area contributed by atoms with Crippen LogP contribution < -0.4 is 9.80 Å². The lowest BCUT2D eigenvalue weighted by molar-refractivity contribution is -0.137. The minimum absolute atomic E-state index is 0.0134. The van der Waals surface area contributed by atoms with E-state index in [0.717, 1.165) is 6.07 Å². The van der Waals surface area contributed by atoms with E-state index in [0.29, 0.717) is 25.6 Å². The van der Waals surface area contributed by atoms with Crippen molar-refractivity contribution in [2.75, 3.05) is 29.4 Å². The summed E-state index contributed by atoms with van der Waals surface area (Å²) in [5.74, 6) is 0.581. The molecule has 1 aliphatic heterocycles. The van der Waals surface area contributed by atoms with E-state index in [1.54, 1.807) is 23.4 Å². The first-order valence-corrected chi connectivity index (χ1v) is 7.27. The third kappa shape index (κ3) is 3.20. The van der Waals surface area contributed by atoms with E-state index in [2.05, 4.69) is 15.0 Å². The lowest BCUT2D eigenvalue weighted by Crippen LogP contribution is -2.53. The minimum atomic E-state index is -4.41. The molecule has 0 bridgehead atoms. The molecule has 3 rings (SSSR count). The predicted molar refractivity (Wildman–Crippen MR) is 80.3 cm³/mol. The van der Waals surface area contributed by atoms with Crippen molar-refractivity contribution in [3.8, 4) is 0 Å². The van der Waals surface area contributed by atoms with Crippen molar-refractivity contribution in [2.45, 2.75) is 19.1 Å². The molecule has 23 heavy (non-hydrogen) atoms. The Hall–Kier alpha value is -2.38. The SMILES string of the molecule is C[C@@H]1CN(c2ncccc2C(F)(F)F)CCN1c1ncccn1. The van der Waals surface area contributed by atoms with Gasteiger partial charge in [-0.25, -0.2) is 15.0 Å². The second-order valence-electron chi connectivity index (χ2n) is 5.41. The number of pyridine rings is 1. The molecule has 0 saturated carbocycles. The van der Waals surface area contributed by atoms with Crippen LogP contribution in [0.25, 0.3) is 0 Å². The highest BCUT2D eigenvalue weighted by Gasteiger charge is 2.37. The van der Waals surface area contributed by atoms with E-state index in [1.807, 2.05) is 11.8 Å². The number of halogens is 3. The van der Waals surface area contributed by atoms with Gasteiger partial charge < -0.3 is 9.80 Å². The summed E-state index contributed by atoms with van der Waals surface area (Å²) >= 11 is 0. The van der Waals surface area contributed by atoms with Gasteiger partial charge in [0.25, 0.3) is 0 Å². The number of piperazine rings is 1. The molecule has 3 heterocycles. The minimum Gasteiger partial charge on any atom is -0.352 e. The zero-order valence-electron chi connectivity index (χ0n) is 12.5. The lowest BCUT2D eigenvalue weighted by atomic mass is 10.1. The van der Waals surface area contributed by atoms with Crippen molar-refractivity contribution in [1.82, 2.24) is 15.0 Å². The van der Waals surface area contributed by atoms with Gasteiger partial charge in [-0.3, -0.25) is 0 Å². The van der Waals surface area contributed by atoms with Crippen molar-refractivity contribution in [3.63, 3.8) is 0 Å². The first-order chi connectivity index (χ1) is 11.0. The Balaban J connectivity index is 1.81. The molecular weight excluding hydrogens is 307 g/mol. The van der Waals surface area contributed by atoms with E-state index in [4.69, 9.17) is 0 Å². The monoisotopic (exact) mass is 323 g/mol. The molecule has 5 nitrogen and oxygen atoms in total. The van der Waals surface area contributed by atoms with E-state index < -0.39 is 11.7 Å². The Labute approximate surface area is 131 Å². The van der Waals surface area contributed by atoms with Crippen LogP contribution >= 0.6 is 0 Å². The Morgan fingerprint density at radius 1 is 1.04 bits per heavy atom. The normalized spacial score (nSPS) is 19.0. The van der Waals surface area contributed by atoms with E-state index in [-0.39, 0.29) is 11.9 Å². The summed E-state index contributed by atoms with van der Waals surface area (Å²) in [6.45, 7) is 3.35. The van der Waals surface area contributed by atoms with Gasteiger partial charge in [-0.05, 0) is 25.1 Å². The van der Waals surface area contributed by atoms with Crippen LogP contribution in [0.2, 0.25) is 0 Å². The zero-order valence-corrected chi connectivity index (χ0v) is 12.5. The summed E-state index contributed by atoms with van der Waals surface area (Å²) in [5, 5.41) is 0. The van der Waals surface area contributed by atoms with Crippen LogP contribution in [0.15, 0.2) is 36.8 Å². The van der Waals surface area contributed by atoms with E-state index >= 15 is 0 Å². The molecule has 0 N–H and O–H groups in total. The topological polar surface area (TPSA) is 45.2 Å². The van der Waals surface area contributed by atoms with Crippen LogP contribution in [0, 0.1) is 0 Å². The number of hydrogen-bond donors (Lipinski definition) is 0. The highest BCUT2D eigenvalue weighted by molar-refractivity contribution is 5.50. The molecule has 0 unspecified atom stereocenters. The average Bonchev–Trinajstić information content (AvgIpc) is 2.55. The van der Waals surface area contributed by atoms with Crippen LogP contribution in [0.4, 0.5) is 24.9 Å². The third-order valence-corrected chi connectivity index (χ3v) is 3.83. The molecule has 0 amide bonds. The van der Waals surface area contributed by atoms with Crippen molar-refractivity contribution in [3.05, 3.63) is 42.4 Å². The summed E-state index contributed by atoms with van der Waals surface area (Å²) in [7, 11) is 0. The van der Waals surface area contributed by atoms with Gasteiger partial charge in [0.2, 0.25) is 5.95 Å². The average molecular weight is 323 g/mol. The maximum absolute atomic E-state index is 13.1. The van der Waals surface area contributed by atoms with Crippen molar-refractivity contribution < 1.29 is 13.2 Å². The third-order valence-electron chi connectivity index (χ3n) is 3.83. The molecule has 1 saturated heterocycles. The smallest absolute Gasteiger partial charge is 0.352 e. The Morgan fingerprint density at radius 3 is 2.39 bits per heavy atom. The Bertz CT molecular complexity index is 662. The fourth-order valence-corrected chi connectivity index (χ4v) is 2.76. The van der Waals surface area contributed by atoms with Crippen LogP contribution in [0.5, 0.6) is 0 Å². The molecule has 8 heteroatoms. The second-order valence-corrected chi connectivity index (χ2v) is 5.41. The first-order valence-electron chi connectivity index (χ1n) is 7.27. The fourth-order valence-electron chi connectivity index (χ4n) is 2.76. The highest BCUT2D eigenvalue weighted by Crippen LogP contribution is 2.35. The van der Waals surface area contributed by atoms with Crippen molar-refractivity contribution in [1.29, 1.82) is 0 Å². The van der Waals surface area contributed by atoms with Gasteiger partial charge in [0.05, 0.1) is 5.56 Å². The number of rotatable bonds is 2. The largest absolute Gasteiger partial charge is 0.419 e. The second kappa shape index (κ2) is 6.02. The molecule has 1 aliphatic rings. The predicted octanol–water partition coefficient (Wildman–Crippen LogP) is 2.61. The van der Waals surface area contributed by atoms with Crippen LogP contribution in [-0.2, 0) is 6.18 Å². The summed E-state index contributed by atoms with van der Waals surface area (Å²) < 4.78 is 39.4. The molecule has 0 aliphatic carbocycles. The summed E-state index contributed by atoms with van der Waals surface area (Å²) in [5.41, 5.74) is -0.698. The van der Waals surface area contributed by atoms with Gasteiger partial charge in [-0.15, -0.1) is 0 Å². The number of alkyl halides is 3. The molecule has 0 aromatic carbocycles. The summed E-state index contributed by atoms with van der Waals surface area (Å²) in [6.07, 6.45) is 0.290. The lowest BCUT2D eigenvalue weighted by Gasteiger charge is -2.40. The quantitative estimate of drug-likeness (QED) is 0.850. The van der Waals surface area contributed by atoms with Crippen LogP contribution in [0.1, 0.15) is 12.5 Å². The first kappa shape index (κ1) is 15.5. The number of anilines is 2. The van der Waals surface area contributed by atoms with Gasteiger partial charge in [0, 0.05) is 44.3 Å². The molecule has 122 valence electrons. The summed E-state index contributed by atoms with van der Waals surface area (Å²) in [4.78, 5) is 16.0. The molecule has 0 spiro atoms. The van der Waals surface area contributed by atoms with Gasteiger partial charge in [-0.2, -0.15) is 13.2 Å². The van der Waals surface area contributed by atoms with E-state index in [9.17, 15) is 13.2 Å². The zero-order chi connectivity index (χ0) is 16.4. The van der Waals surface area contributed by atoms with Gasteiger partial charge >= 0.3 is 6.18 Å². The molecule has 0 radical (unpaired) electrons. The standard InChI is InChI=1S/C15H16F3N5/c1-11-10-22(8-9-23(11)14-20-6-3-7-21-14)13-12(15(16,17)18)4-2-5-19-13/h2-7,11H,8-10H2,1H3/t11-/m1/s1. The Morgan fingerprint density at radius 2 is 1.74 bits per heavy atom. The maximum Gasteiger partial charge on any atom is 0.419 e. The molecule has 1 fully saturated rings. The van der Waals surface area contributed by atoms with Gasteiger partial charge in [0.1, 0.15) is 5.82 Å². The maximum atomic E-state index is 13.1. The number of hydrogen-bond acceptors (Lipinski definition) is 5. The molecular formula is C15H16F3N5. The van der Waals surface area contributed by atoms with Gasteiger partial charge in [-0.1, -0.05) is 0 Å². The highest BCUT2D eigenvalue weighted by atomic mass is 19.4. The molecule has 1 atom stereocenters. The number of nitrogens with zero attached hydrogens (tertiary/aromatic N) is 5. The molecule has 2 aromatic heterocycles. The van der Waals surface area contributed by atoms with Crippen molar-refractivity contribution >= 4 is 11.8 Å². The molecule has 2 aromatic rings. The van der Waals surface area contributed by atoms with Crippen LogP contribution in [-0.4, -0.2) is 40.6 Å². The van der Waals surface area contributed by atoms with Crippen molar-refractivity contribution in [2.24, 2.45) is 0 Å². The fraction of sp³-hybridized carbons (Fsp3) is 0.400. The van der Waals surface area contributed by atoms with Gasteiger partial charge in [0.15, 0.2) is 0 Å². The van der Waals surface area contributed by atoms with Crippen LogP contribution in [0.3, 0.4) is 0 Å². The summed E-state index contributed by atoms with van der Waals surface area (Å²) in [6, 6.07) is 4.09.